The summed E-state index contributed by atoms with van der Waals surface area (Å²) in [5.41, 5.74) is 1.83. The molecule has 4 heteroatoms. The minimum Gasteiger partial charge on any atom is -0.479 e. The highest BCUT2D eigenvalue weighted by Crippen LogP contribution is 2.11. The SMILES string of the molecule is CCCNc1ccc(C[C@@H](O)C(=O)O)cc1. The van der Waals surface area contributed by atoms with Gasteiger partial charge in [0.2, 0.25) is 0 Å². The molecule has 1 rings (SSSR count). The highest BCUT2D eigenvalue weighted by atomic mass is 16.4. The van der Waals surface area contributed by atoms with Crippen molar-refractivity contribution in [3.63, 3.8) is 0 Å². The van der Waals surface area contributed by atoms with Crippen LogP contribution in [0.3, 0.4) is 0 Å². The molecule has 0 aliphatic heterocycles. The molecule has 0 bridgehead atoms. The molecule has 88 valence electrons. The number of hydrogen-bond donors (Lipinski definition) is 3. The number of carboxylic acid groups (broad SMARTS) is 1. The van der Waals surface area contributed by atoms with Gasteiger partial charge in [-0.3, -0.25) is 0 Å². The van der Waals surface area contributed by atoms with E-state index in [1.54, 1.807) is 0 Å². The lowest BCUT2D eigenvalue weighted by Gasteiger charge is -2.08. The van der Waals surface area contributed by atoms with E-state index in [9.17, 15) is 9.90 Å². The van der Waals surface area contributed by atoms with Gasteiger partial charge in [0.1, 0.15) is 0 Å². The third-order valence-electron chi connectivity index (χ3n) is 2.25. The number of carboxylic acids is 1. The van der Waals surface area contributed by atoms with Crippen molar-refractivity contribution >= 4 is 11.7 Å². The molecule has 0 unspecified atom stereocenters. The van der Waals surface area contributed by atoms with Crippen molar-refractivity contribution in [2.75, 3.05) is 11.9 Å². The van der Waals surface area contributed by atoms with Gasteiger partial charge in [0.15, 0.2) is 6.10 Å². The topological polar surface area (TPSA) is 69.6 Å². The summed E-state index contributed by atoms with van der Waals surface area (Å²) in [6.45, 7) is 3.00. The molecule has 0 aromatic heterocycles. The van der Waals surface area contributed by atoms with E-state index >= 15 is 0 Å². The van der Waals surface area contributed by atoms with Crippen molar-refractivity contribution < 1.29 is 15.0 Å². The van der Waals surface area contributed by atoms with Crippen molar-refractivity contribution in [1.29, 1.82) is 0 Å². The van der Waals surface area contributed by atoms with Gasteiger partial charge >= 0.3 is 5.97 Å². The van der Waals surface area contributed by atoms with Gasteiger partial charge in [-0.1, -0.05) is 19.1 Å². The van der Waals surface area contributed by atoms with Crippen molar-refractivity contribution in [2.45, 2.75) is 25.9 Å². The molecule has 1 aromatic carbocycles. The number of aliphatic hydroxyl groups is 1. The minimum absolute atomic E-state index is 0.142. The summed E-state index contributed by atoms with van der Waals surface area (Å²) >= 11 is 0. The number of benzene rings is 1. The first kappa shape index (κ1) is 12.5. The Labute approximate surface area is 94.9 Å². The van der Waals surface area contributed by atoms with Crippen molar-refractivity contribution in [1.82, 2.24) is 0 Å². The number of carbonyl (C=O) groups is 1. The van der Waals surface area contributed by atoms with E-state index in [0.717, 1.165) is 24.2 Å². The first-order valence-electron chi connectivity index (χ1n) is 5.37. The predicted octanol–water partition coefficient (Wildman–Crippen LogP) is 1.50. The molecular formula is C12H17NO3. The van der Waals surface area contributed by atoms with Crippen molar-refractivity contribution in [3.8, 4) is 0 Å². The average Bonchev–Trinajstić information content (AvgIpc) is 2.28. The summed E-state index contributed by atoms with van der Waals surface area (Å²) in [5, 5.41) is 20.9. The van der Waals surface area contributed by atoms with Crippen LogP contribution in [0, 0.1) is 0 Å². The van der Waals surface area contributed by atoms with Crippen LogP contribution in [0.1, 0.15) is 18.9 Å². The Morgan fingerprint density at radius 1 is 1.38 bits per heavy atom. The number of anilines is 1. The maximum Gasteiger partial charge on any atom is 0.332 e. The van der Waals surface area contributed by atoms with Crippen molar-refractivity contribution in [3.05, 3.63) is 29.8 Å². The molecule has 3 N–H and O–H groups in total. The van der Waals surface area contributed by atoms with Gasteiger partial charge < -0.3 is 15.5 Å². The molecule has 0 saturated carbocycles. The zero-order chi connectivity index (χ0) is 12.0. The van der Waals surface area contributed by atoms with Gasteiger partial charge in [0, 0.05) is 18.7 Å². The van der Waals surface area contributed by atoms with Crippen LogP contribution in [-0.4, -0.2) is 28.8 Å². The van der Waals surface area contributed by atoms with Crippen LogP contribution in [0.15, 0.2) is 24.3 Å². The molecule has 0 heterocycles. The van der Waals surface area contributed by atoms with E-state index in [2.05, 4.69) is 12.2 Å². The monoisotopic (exact) mass is 223 g/mol. The van der Waals surface area contributed by atoms with Gasteiger partial charge in [-0.25, -0.2) is 4.79 Å². The van der Waals surface area contributed by atoms with E-state index in [4.69, 9.17) is 5.11 Å². The van der Waals surface area contributed by atoms with Gasteiger partial charge in [-0.05, 0) is 24.1 Å². The molecule has 0 radical (unpaired) electrons. The average molecular weight is 223 g/mol. The number of aliphatic hydroxyl groups excluding tert-OH is 1. The summed E-state index contributed by atoms with van der Waals surface area (Å²) in [4.78, 5) is 10.4. The molecule has 0 aliphatic rings. The van der Waals surface area contributed by atoms with Gasteiger partial charge in [-0.2, -0.15) is 0 Å². The number of rotatable bonds is 6. The first-order chi connectivity index (χ1) is 7.63. The Morgan fingerprint density at radius 2 is 2.00 bits per heavy atom. The van der Waals surface area contributed by atoms with Crippen LogP contribution < -0.4 is 5.32 Å². The molecule has 0 spiro atoms. The second-order valence-electron chi connectivity index (χ2n) is 3.68. The Balaban J connectivity index is 2.54. The summed E-state index contributed by atoms with van der Waals surface area (Å²) in [6.07, 6.45) is -0.127. The molecule has 1 atom stereocenters. The van der Waals surface area contributed by atoms with E-state index < -0.39 is 12.1 Å². The molecule has 0 fully saturated rings. The van der Waals surface area contributed by atoms with E-state index in [1.807, 2.05) is 24.3 Å². The zero-order valence-corrected chi connectivity index (χ0v) is 9.31. The largest absolute Gasteiger partial charge is 0.479 e. The lowest BCUT2D eigenvalue weighted by Crippen LogP contribution is -2.21. The summed E-state index contributed by atoms with van der Waals surface area (Å²) < 4.78 is 0. The maximum atomic E-state index is 10.4. The number of aliphatic carboxylic acids is 1. The lowest BCUT2D eigenvalue weighted by atomic mass is 10.1. The van der Waals surface area contributed by atoms with Gasteiger partial charge in [0.05, 0.1) is 0 Å². The summed E-state index contributed by atoms with van der Waals surface area (Å²) in [5.74, 6) is -1.19. The third kappa shape index (κ3) is 3.90. The van der Waals surface area contributed by atoms with Gasteiger partial charge in [0.25, 0.3) is 0 Å². The quantitative estimate of drug-likeness (QED) is 0.683. The fraction of sp³-hybridized carbons (Fsp3) is 0.417. The standard InChI is InChI=1S/C12H17NO3/c1-2-7-13-10-5-3-9(4-6-10)8-11(14)12(15)16/h3-6,11,13-14H,2,7-8H2,1H3,(H,15,16)/t11-/m1/s1. The molecule has 16 heavy (non-hydrogen) atoms. The second-order valence-corrected chi connectivity index (χ2v) is 3.68. The highest BCUT2D eigenvalue weighted by molar-refractivity contribution is 5.72. The van der Waals surface area contributed by atoms with Crippen LogP contribution >= 0.6 is 0 Å². The summed E-state index contributed by atoms with van der Waals surface area (Å²) in [6, 6.07) is 7.42. The van der Waals surface area contributed by atoms with Gasteiger partial charge in [-0.15, -0.1) is 0 Å². The smallest absolute Gasteiger partial charge is 0.332 e. The van der Waals surface area contributed by atoms with E-state index in [1.165, 1.54) is 0 Å². The number of hydrogen-bond acceptors (Lipinski definition) is 3. The first-order valence-corrected chi connectivity index (χ1v) is 5.37. The van der Waals surface area contributed by atoms with Crippen LogP contribution in [0.25, 0.3) is 0 Å². The molecular weight excluding hydrogens is 206 g/mol. The zero-order valence-electron chi connectivity index (χ0n) is 9.31. The molecule has 4 nitrogen and oxygen atoms in total. The predicted molar refractivity (Wildman–Crippen MR) is 62.6 cm³/mol. The van der Waals surface area contributed by atoms with Crippen LogP contribution in [0.4, 0.5) is 5.69 Å². The Hall–Kier alpha value is -1.55. The molecule has 0 aliphatic carbocycles. The Bertz CT molecular complexity index is 335. The van der Waals surface area contributed by atoms with Crippen LogP contribution in [-0.2, 0) is 11.2 Å². The molecule has 1 aromatic rings. The third-order valence-corrected chi connectivity index (χ3v) is 2.25. The fourth-order valence-corrected chi connectivity index (χ4v) is 1.34. The van der Waals surface area contributed by atoms with Crippen molar-refractivity contribution in [2.24, 2.45) is 0 Å². The maximum absolute atomic E-state index is 10.4. The lowest BCUT2D eigenvalue weighted by molar-refractivity contribution is -0.146. The second kappa shape index (κ2) is 6.12. The fourth-order valence-electron chi connectivity index (χ4n) is 1.34. The van der Waals surface area contributed by atoms with Crippen LogP contribution in [0.2, 0.25) is 0 Å². The van der Waals surface area contributed by atoms with Crippen LogP contribution in [0.5, 0.6) is 0 Å². The minimum atomic E-state index is -1.32. The summed E-state index contributed by atoms with van der Waals surface area (Å²) in [7, 11) is 0. The number of nitrogens with one attached hydrogen (secondary N) is 1. The Kier molecular flexibility index (Phi) is 4.79. The highest BCUT2D eigenvalue weighted by Gasteiger charge is 2.13. The Morgan fingerprint density at radius 3 is 2.50 bits per heavy atom. The molecule has 0 saturated heterocycles. The normalized spacial score (nSPS) is 12.1. The molecule has 0 amide bonds. The van der Waals surface area contributed by atoms with E-state index in [-0.39, 0.29) is 6.42 Å². The van der Waals surface area contributed by atoms with E-state index in [0.29, 0.717) is 0 Å².